The van der Waals surface area contributed by atoms with Gasteiger partial charge in [0.2, 0.25) is 0 Å². The standard InChI is InChI=1S/C12H19N3S/c1-12(2,3)7-9(13)6-10-8-15-4-5-16-11(15)14-10/h4-5,8-9H,6-7,13H2,1-3H3. The second-order valence-corrected chi connectivity index (χ2v) is 6.43. The predicted molar refractivity (Wildman–Crippen MR) is 68.8 cm³/mol. The average Bonchev–Trinajstić information content (AvgIpc) is 2.58. The summed E-state index contributed by atoms with van der Waals surface area (Å²) in [5.74, 6) is 0. The number of rotatable bonds is 3. The van der Waals surface area contributed by atoms with Crippen molar-refractivity contribution in [1.82, 2.24) is 9.38 Å². The first-order valence-corrected chi connectivity index (χ1v) is 6.49. The van der Waals surface area contributed by atoms with Gasteiger partial charge in [0.15, 0.2) is 4.96 Å². The maximum absolute atomic E-state index is 6.14. The summed E-state index contributed by atoms with van der Waals surface area (Å²) in [6.07, 6.45) is 6.00. The highest BCUT2D eigenvalue weighted by atomic mass is 32.1. The lowest BCUT2D eigenvalue weighted by atomic mass is 9.87. The van der Waals surface area contributed by atoms with Gasteiger partial charge in [0, 0.05) is 30.2 Å². The van der Waals surface area contributed by atoms with Crippen LogP contribution in [0, 0.1) is 5.41 Å². The topological polar surface area (TPSA) is 43.3 Å². The molecule has 2 heterocycles. The van der Waals surface area contributed by atoms with Gasteiger partial charge in [-0.1, -0.05) is 20.8 Å². The number of fused-ring (bicyclic) bond motifs is 1. The van der Waals surface area contributed by atoms with Crippen LogP contribution in [0.5, 0.6) is 0 Å². The third-order valence-electron chi connectivity index (χ3n) is 2.49. The molecule has 0 spiro atoms. The van der Waals surface area contributed by atoms with Gasteiger partial charge < -0.3 is 5.73 Å². The van der Waals surface area contributed by atoms with Crippen LogP contribution in [-0.4, -0.2) is 15.4 Å². The van der Waals surface area contributed by atoms with Gasteiger partial charge in [-0.05, 0) is 11.8 Å². The zero-order valence-corrected chi connectivity index (χ0v) is 10.9. The molecule has 0 fully saturated rings. The predicted octanol–water partition coefficient (Wildman–Crippen LogP) is 2.70. The van der Waals surface area contributed by atoms with Crippen LogP contribution < -0.4 is 5.73 Å². The third kappa shape index (κ3) is 2.83. The Morgan fingerprint density at radius 1 is 1.50 bits per heavy atom. The molecular formula is C12H19N3S. The molecule has 0 aliphatic carbocycles. The summed E-state index contributed by atoms with van der Waals surface area (Å²) in [5, 5.41) is 2.04. The molecule has 0 saturated carbocycles. The summed E-state index contributed by atoms with van der Waals surface area (Å²) in [7, 11) is 0. The van der Waals surface area contributed by atoms with Gasteiger partial charge in [0.1, 0.15) is 0 Å². The van der Waals surface area contributed by atoms with Crippen LogP contribution >= 0.6 is 11.3 Å². The van der Waals surface area contributed by atoms with E-state index in [1.165, 1.54) is 0 Å². The molecule has 2 aromatic rings. The van der Waals surface area contributed by atoms with Gasteiger partial charge in [0.25, 0.3) is 0 Å². The minimum absolute atomic E-state index is 0.199. The van der Waals surface area contributed by atoms with E-state index in [1.54, 1.807) is 11.3 Å². The molecule has 0 saturated heterocycles. The fourth-order valence-corrected chi connectivity index (χ4v) is 2.72. The molecule has 2 N–H and O–H groups in total. The highest BCUT2D eigenvalue weighted by molar-refractivity contribution is 7.15. The maximum atomic E-state index is 6.14. The fraction of sp³-hybridized carbons (Fsp3) is 0.583. The van der Waals surface area contributed by atoms with E-state index in [0.717, 1.165) is 23.5 Å². The Balaban J connectivity index is 2.02. The molecule has 2 rings (SSSR count). The molecule has 88 valence electrons. The van der Waals surface area contributed by atoms with Crippen LogP contribution in [-0.2, 0) is 6.42 Å². The quantitative estimate of drug-likeness (QED) is 0.892. The average molecular weight is 237 g/mol. The second-order valence-electron chi connectivity index (χ2n) is 5.55. The molecule has 0 radical (unpaired) electrons. The Morgan fingerprint density at radius 2 is 2.25 bits per heavy atom. The first kappa shape index (κ1) is 11.6. The number of nitrogens with zero attached hydrogens (tertiary/aromatic N) is 2. The minimum Gasteiger partial charge on any atom is -0.327 e. The molecule has 1 atom stereocenters. The van der Waals surface area contributed by atoms with Crippen LogP contribution in [0.15, 0.2) is 17.8 Å². The largest absolute Gasteiger partial charge is 0.327 e. The number of imidazole rings is 1. The second kappa shape index (κ2) is 4.18. The Morgan fingerprint density at radius 3 is 2.88 bits per heavy atom. The van der Waals surface area contributed by atoms with Gasteiger partial charge in [-0.25, -0.2) is 4.98 Å². The first-order chi connectivity index (χ1) is 7.44. The van der Waals surface area contributed by atoms with Gasteiger partial charge in [-0.3, -0.25) is 4.40 Å². The monoisotopic (exact) mass is 237 g/mol. The van der Waals surface area contributed by atoms with Gasteiger partial charge in [0.05, 0.1) is 5.69 Å². The number of hydrogen-bond acceptors (Lipinski definition) is 3. The van der Waals surface area contributed by atoms with Crippen LogP contribution in [0.1, 0.15) is 32.9 Å². The van der Waals surface area contributed by atoms with Crippen LogP contribution in [0.3, 0.4) is 0 Å². The van der Waals surface area contributed by atoms with E-state index < -0.39 is 0 Å². The summed E-state index contributed by atoms with van der Waals surface area (Å²) in [6, 6.07) is 0.199. The number of hydrogen-bond donors (Lipinski definition) is 1. The normalized spacial score (nSPS) is 14.5. The van der Waals surface area contributed by atoms with Crippen molar-refractivity contribution in [2.75, 3.05) is 0 Å². The maximum Gasteiger partial charge on any atom is 0.193 e. The first-order valence-electron chi connectivity index (χ1n) is 5.61. The van der Waals surface area contributed by atoms with Gasteiger partial charge in [-0.2, -0.15) is 0 Å². The van der Waals surface area contributed by atoms with Crippen molar-refractivity contribution in [2.24, 2.45) is 11.1 Å². The lowest BCUT2D eigenvalue weighted by molar-refractivity contribution is 0.337. The van der Waals surface area contributed by atoms with E-state index in [4.69, 9.17) is 5.73 Å². The molecule has 0 bridgehead atoms. The molecule has 4 heteroatoms. The lowest BCUT2D eigenvalue weighted by Gasteiger charge is -2.22. The van der Waals surface area contributed by atoms with Crippen molar-refractivity contribution >= 4 is 16.3 Å². The van der Waals surface area contributed by atoms with Crippen LogP contribution in [0.25, 0.3) is 4.96 Å². The Labute approximate surface area is 100 Å². The van der Waals surface area contributed by atoms with Gasteiger partial charge in [-0.15, -0.1) is 11.3 Å². The molecule has 0 aliphatic heterocycles. The molecule has 1 unspecified atom stereocenters. The van der Waals surface area contributed by atoms with Crippen molar-refractivity contribution in [3.05, 3.63) is 23.5 Å². The van der Waals surface area contributed by atoms with Crippen LogP contribution in [0.2, 0.25) is 0 Å². The summed E-state index contributed by atoms with van der Waals surface area (Å²) in [6.45, 7) is 6.66. The van der Waals surface area contributed by atoms with E-state index in [0.29, 0.717) is 0 Å². The zero-order valence-electron chi connectivity index (χ0n) is 10.1. The number of thiazole rings is 1. The smallest absolute Gasteiger partial charge is 0.193 e. The van der Waals surface area contributed by atoms with Crippen molar-refractivity contribution in [1.29, 1.82) is 0 Å². The molecule has 2 aromatic heterocycles. The molecule has 16 heavy (non-hydrogen) atoms. The third-order valence-corrected chi connectivity index (χ3v) is 3.26. The minimum atomic E-state index is 0.199. The van der Waals surface area contributed by atoms with E-state index >= 15 is 0 Å². The number of aromatic nitrogens is 2. The summed E-state index contributed by atoms with van der Waals surface area (Å²) in [4.78, 5) is 5.60. The molecule has 0 aliphatic rings. The van der Waals surface area contributed by atoms with E-state index in [-0.39, 0.29) is 11.5 Å². The van der Waals surface area contributed by atoms with E-state index in [9.17, 15) is 0 Å². The number of nitrogens with two attached hydrogens (primary N) is 1. The SMILES string of the molecule is CC(C)(C)CC(N)Cc1cn2ccsc2n1. The van der Waals surface area contributed by atoms with E-state index in [1.807, 2.05) is 11.6 Å². The van der Waals surface area contributed by atoms with Crippen molar-refractivity contribution in [3.63, 3.8) is 0 Å². The molecule has 3 nitrogen and oxygen atoms in total. The lowest BCUT2D eigenvalue weighted by Crippen LogP contribution is -2.28. The molecule has 0 amide bonds. The highest BCUT2D eigenvalue weighted by Gasteiger charge is 2.17. The highest BCUT2D eigenvalue weighted by Crippen LogP contribution is 2.21. The molecular weight excluding hydrogens is 218 g/mol. The Bertz CT molecular complexity index is 435. The van der Waals surface area contributed by atoms with Crippen LogP contribution in [0.4, 0.5) is 0 Å². The Kier molecular flexibility index (Phi) is 3.04. The fourth-order valence-electron chi connectivity index (χ4n) is 2.00. The van der Waals surface area contributed by atoms with Crippen molar-refractivity contribution in [2.45, 2.75) is 39.7 Å². The summed E-state index contributed by atoms with van der Waals surface area (Å²) >= 11 is 1.66. The van der Waals surface area contributed by atoms with Crippen molar-refractivity contribution in [3.8, 4) is 0 Å². The Hall–Kier alpha value is -0.870. The summed E-state index contributed by atoms with van der Waals surface area (Å²) < 4.78 is 2.06. The van der Waals surface area contributed by atoms with Gasteiger partial charge >= 0.3 is 0 Å². The molecule has 0 aromatic carbocycles. The van der Waals surface area contributed by atoms with E-state index in [2.05, 4.69) is 36.4 Å². The van der Waals surface area contributed by atoms with Crippen molar-refractivity contribution < 1.29 is 0 Å². The summed E-state index contributed by atoms with van der Waals surface area (Å²) in [5.41, 5.74) is 7.53. The zero-order chi connectivity index (χ0) is 11.8.